The number of benzene rings is 2. The summed E-state index contributed by atoms with van der Waals surface area (Å²) in [5.74, 6) is -0.619. The summed E-state index contributed by atoms with van der Waals surface area (Å²) in [5.41, 5.74) is 1.28. The molecule has 0 saturated carbocycles. The Morgan fingerprint density at radius 1 is 1.00 bits per heavy atom. The van der Waals surface area contributed by atoms with Crippen molar-refractivity contribution in [2.75, 3.05) is 32.7 Å². The maximum atomic E-state index is 13.3. The highest BCUT2D eigenvalue weighted by atomic mass is 35.5. The second kappa shape index (κ2) is 7.83. The fourth-order valence-electron chi connectivity index (χ4n) is 2.91. The van der Waals surface area contributed by atoms with Crippen molar-refractivity contribution in [1.29, 1.82) is 0 Å². The summed E-state index contributed by atoms with van der Waals surface area (Å²) in [6.07, 6.45) is 0.946. The van der Waals surface area contributed by atoms with E-state index in [4.69, 9.17) is 11.6 Å². The van der Waals surface area contributed by atoms with Crippen LogP contribution in [0.4, 0.5) is 4.39 Å². The van der Waals surface area contributed by atoms with Gasteiger partial charge in [-0.25, -0.2) is 12.8 Å². The largest absolute Gasteiger partial charge is 0.300 e. The van der Waals surface area contributed by atoms with Crippen molar-refractivity contribution in [3.8, 4) is 0 Å². The van der Waals surface area contributed by atoms with Crippen molar-refractivity contribution in [1.82, 2.24) is 9.21 Å². The van der Waals surface area contributed by atoms with Crippen LogP contribution in [0.1, 0.15) is 5.56 Å². The van der Waals surface area contributed by atoms with Gasteiger partial charge in [-0.2, -0.15) is 4.31 Å². The van der Waals surface area contributed by atoms with E-state index in [1.807, 2.05) is 18.2 Å². The summed E-state index contributed by atoms with van der Waals surface area (Å²) < 4.78 is 40.0. The van der Waals surface area contributed by atoms with Crippen LogP contribution in [0.25, 0.3) is 0 Å². The Balaban J connectivity index is 1.58. The standard InChI is InChI=1S/C18H20ClFN2O2S/c19-17-14-16(6-7-18(17)20)25(23,24)22-12-10-21(11-13-22)9-8-15-4-2-1-3-5-15/h1-7,14H,8-13H2. The monoisotopic (exact) mass is 382 g/mol. The molecule has 1 saturated heterocycles. The highest BCUT2D eigenvalue weighted by molar-refractivity contribution is 7.89. The summed E-state index contributed by atoms with van der Waals surface area (Å²) in [4.78, 5) is 2.30. The zero-order valence-corrected chi connectivity index (χ0v) is 15.3. The molecule has 4 nitrogen and oxygen atoms in total. The van der Waals surface area contributed by atoms with Gasteiger partial charge in [-0.1, -0.05) is 41.9 Å². The maximum Gasteiger partial charge on any atom is 0.243 e. The predicted molar refractivity (Wildman–Crippen MR) is 96.8 cm³/mol. The molecule has 0 spiro atoms. The minimum Gasteiger partial charge on any atom is -0.300 e. The van der Waals surface area contributed by atoms with Gasteiger partial charge in [0.2, 0.25) is 10.0 Å². The Hall–Kier alpha value is -1.47. The van der Waals surface area contributed by atoms with Gasteiger partial charge < -0.3 is 4.90 Å². The van der Waals surface area contributed by atoms with Gasteiger partial charge in [0.05, 0.1) is 9.92 Å². The molecule has 1 fully saturated rings. The van der Waals surface area contributed by atoms with E-state index in [9.17, 15) is 12.8 Å². The van der Waals surface area contributed by atoms with Crippen LogP contribution in [-0.2, 0) is 16.4 Å². The second-order valence-electron chi connectivity index (χ2n) is 6.06. The zero-order chi connectivity index (χ0) is 17.9. The number of halogens is 2. The first-order valence-corrected chi connectivity index (χ1v) is 10.00. The summed E-state index contributed by atoms with van der Waals surface area (Å²) in [5, 5.41) is -0.178. The zero-order valence-electron chi connectivity index (χ0n) is 13.7. The first-order chi connectivity index (χ1) is 12.0. The first kappa shape index (κ1) is 18.3. The van der Waals surface area contributed by atoms with E-state index in [1.54, 1.807) is 0 Å². The summed E-state index contributed by atoms with van der Waals surface area (Å²) in [6, 6.07) is 13.8. The lowest BCUT2D eigenvalue weighted by Crippen LogP contribution is -2.49. The molecule has 0 radical (unpaired) electrons. The van der Waals surface area contributed by atoms with Crippen LogP contribution >= 0.6 is 11.6 Å². The molecule has 0 N–H and O–H groups in total. The molecule has 0 aliphatic carbocycles. The molecular weight excluding hydrogens is 363 g/mol. The molecule has 1 aliphatic rings. The number of rotatable bonds is 5. The minimum atomic E-state index is -3.64. The third kappa shape index (κ3) is 4.39. The van der Waals surface area contributed by atoms with Crippen molar-refractivity contribution in [2.24, 2.45) is 0 Å². The van der Waals surface area contributed by atoms with Gasteiger partial charge >= 0.3 is 0 Å². The normalized spacial score (nSPS) is 16.9. The third-order valence-corrected chi connectivity index (χ3v) is 6.60. The van der Waals surface area contributed by atoms with E-state index in [0.29, 0.717) is 26.2 Å². The lowest BCUT2D eigenvalue weighted by molar-refractivity contribution is 0.190. The molecule has 0 amide bonds. The molecule has 0 bridgehead atoms. The van der Waals surface area contributed by atoms with E-state index in [2.05, 4.69) is 17.0 Å². The van der Waals surface area contributed by atoms with Crippen LogP contribution in [0.15, 0.2) is 53.4 Å². The van der Waals surface area contributed by atoms with Crippen LogP contribution in [0.2, 0.25) is 5.02 Å². The number of hydrogen-bond donors (Lipinski definition) is 0. The van der Waals surface area contributed by atoms with Crippen molar-refractivity contribution in [2.45, 2.75) is 11.3 Å². The van der Waals surface area contributed by atoms with Gasteiger partial charge in [-0.3, -0.25) is 0 Å². The average molecular weight is 383 g/mol. The molecule has 2 aromatic rings. The quantitative estimate of drug-likeness (QED) is 0.798. The van der Waals surface area contributed by atoms with Crippen molar-refractivity contribution in [3.05, 3.63) is 64.9 Å². The molecule has 134 valence electrons. The van der Waals surface area contributed by atoms with E-state index in [-0.39, 0.29) is 9.92 Å². The number of hydrogen-bond acceptors (Lipinski definition) is 3. The lowest BCUT2D eigenvalue weighted by Gasteiger charge is -2.34. The van der Waals surface area contributed by atoms with Gasteiger partial charge in [-0.05, 0) is 30.2 Å². The first-order valence-electron chi connectivity index (χ1n) is 8.18. The highest BCUT2D eigenvalue weighted by Gasteiger charge is 2.28. The number of piperazine rings is 1. The third-order valence-electron chi connectivity index (χ3n) is 4.42. The van der Waals surface area contributed by atoms with E-state index < -0.39 is 15.8 Å². The second-order valence-corrected chi connectivity index (χ2v) is 8.40. The van der Waals surface area contributed by atoms with Crippen molar-refractivity contribution in [3.63, 3.8) is 0 Å². The summed E-state index contributed by atoms with van der Waals surface area (Å²) in [7, 11) is -3.64. The minimum absolute atomic E-state index is 0.0386. The van der Waals surface area contributed by atoms with Gasteiger partial charge in [0, 0.05) is 32.7 Å². The van der Waals surface area contributed by atoms with Gasteiger partial charge in [0.25, 0.3) is 0 Å². The van der Waals surface area contributed by atoms with Crippen molar-refractivity contribution < 1.29 is 12.8 Å². The molecule has 1 heterocycles. The van der Waals surface area contributed by atoms with Crippen molar-refractivity contribution >= 4 is 21.6 Å². The summed E-state index contributed by atoms with van der Waals surface area (Å²) >= 11 is 5.72. The fourth-order valence-corrected chi connectivity index (χ4v) is 4.61. The molecule has 2 aromatic carbocycles. The van der Waals surface area contributed by atoms with Crippen LogP contribution in [0, 0.1) is 5.82 Å². The molecule has 1 aliphatic heterocycles. The van der Waals surface area contributed by atoms with E-state index >= 15 is 0 Å². The predicted octanol–water partition coefficient (Wildman–Crippen LogP) is 3.03. The Morgan fingerprint density at radius 2 is 1.68 bits per heavy atom. The molecule has 25 heavy (non-hydrogen) atoms. The summed E-state index contributed by atoms with van der Waals surface area (Å²) in [6.45, 7) is 3.11. The fraction of sp³-hybridized carbons (Fsp3) is 0.333. The molecular formula is C18H20ClFN2O2S. The Kier molecular flexibility index (Phi) is 5.74. The van der Waals surface area contributed by atoms with Gasteiger partial charge in [0.15, 0.2) is 0 Å². The van der Waals surface area contributed by atoms with Crippen LogP contribution in [0.3, 0.4) is 0 Å². The number of nitrogens with zero attached hydrogens (tertiary/aromatic N) is 2. The Morgan fingerprint density at radius 3 is 2.32 bits per heavy atom. The maximum absolute atomic E-state index is 13.3. The highest BCUT2D eigenvalue weighted by Crippen LogP contribution is 2.23. The van der Waals surface area contributed by atoms with Crippen LogP contribution < -0.4 is 0 Å². The average Bonchev–Trinajstić information content (AvgIpc) is 2.63. The molecule has 0 aromatic heterocycles. The number of sulfonamides is 1. The molecule has 0 atom stereocenters. The molecule has 3 rings (SSSR count). The van der Waals surface area contributed by atoms with E-state index in [1.165, 1.54) is 22.0 Å². The molecule has 0 unspecified atom stereocenters. The lowest BCUT2D eigenvalue weighted by atomic mass is 10.1. The smallest absolute Gasteiger partial charge is 0.243 e. The SMILES string of the molecule is O=S(=O)(c1ccc(F)c(Cl)c1)N1CCN(CCc2ccccc2)CC1. The van der Waals surface area contributed by atoms with Gasteiger partial charge in [-0.15, -0.1) is 0 Å². The Labute approximate surface area is 152 Å². The molecule has 7 heteroatoms. The van der Waals surface area contributed by atoms with Crippen LogP contribution in [0.5, 0.6) is 0 Å². The van der Waals surface area contributed by atoms with Gasteiger partial charge in [0.1, 0.15) is 5.82 Å². The topological polar surface area (TPSA) is 40.6 Å². The van der Waals surface area contributed by atoms with E-state index in [0.717, 1.165) is 19.0 Å². The van der Waals surface area contributed by atoms with Crippen LogP contribution in [-0.4, -0.2) is 50.3 Å². The Bertz CT molecular complexity index is 822.